The van der Waals surface area contributed by atoms with Crippen molar-refractivity contribution < 1.29 is 9.66 Å². The molecule has 1 atom stereocenters. The van der Waals surface area contributed by atoms with Gasteiger partial charge in [0.15, 0.2) is 0 Å². The molecule has 71 valence electrons. The fourth-order valence-corrected chi connectivity index (χ4v) is 2.01. The van der Waals surface area contributed by atoms with Crippen LogP contribution in [0.25, 0.3) is 0 Å². The van der Waals surface area contributed by atoms with Gasteiger partial charge >= 0.3 is 0 Å². The van der Waals surface area contributed by atoms with Crippen LogP contribution >= 0.6 is 0 Å². The molecule has 1 heterocycles. The first kappa shape index (κ1) is 10.5. The molecule has 1 aromatic rings. The number of pyridine rings is 1. The molecule has 0 N–H and O–H groups in total. The maximum atomic E-state index is 11.5. The van der Waals surface area contributed by atoms with Gasteiger partial charge in [0, 0.05) is 23.4 Å². The lowest BCUT2D eigenvalue weighted by Gasteiger charge is -2.07. The highest BCUT2D eigenvalue weighted by atomic mass is 32.2. The minimum atomic E-state index is -1.03. The van der Waals surface area contributed by atoms with E-state index in [9.17, 15) is 9.66 Å². The molecule has 0 amide bonds. The van der Waals surface area contributed by atoms with E-state index in [-0.39, 0.29) is 6.61 Å². The van der Waals surface area contributed by atoms with Crippen LogP contribution in [0.5, 0.6) is 0 Å². The van der Waals surface area contributed by atoms with Crippen molar-refractivity contribution in [3.8, 4) is 0 Å². The Morgan fingerprint density at radius 3 is 2.85 bits per heavy atom. The number of unbranched alkanes of at least 4 members (excludes halogenated alkanes) is 1. The Labute approximate surface area is 81.0 Å². The Hall–Kier alpha value is -0.580. The molecule has 1 aromatic heterocycles. The molecule has 3 nitrogen and oxygen atoms in total. The zero-order valence-corrected chi connectivity index (χ0v) is 8.13. The van der Waals surface area contributed by atoms with Gasteiger partial charge in [-0.3, -0.25) is 0 Å². The van der Waals surface area contributed by atoms with Crippen LogP contribution in [0.4, 0.5) is 0 Å². The highest BCUT2D eigenvalue weighted by Crippen LogP contribution is 2.08. The van der Waals surface area contributed by atoms with Crippen molar-refractivity contribution in [2.24, 2.45) is 0 Å². The summed E-state index contributed by atoms with van der Waals surface area (Å²) in [6.45, 7) is -0.0839. The monoisotopic (exact) mass is 198 g/mol. The maximum absolute atomic E-state index is 11.5. The normalized spacial score (nSPS) is 12.8. The summed E-state index contributed by atoms with van der Waals surface area (Å²) >= 11 is -1.03. The van der Waals surface area contributed by atoms with E-state index in [2.05, 4.69) is 4.98 Å². The van der Waals surface area contributed by atoms with Crippen LogP contribution < -0.4 is 0 Å². The Kier molecular flexibility index (Phi) is 4.82. The zero-order chi connectivity index (χ0) is 9.52. The Balaban J connectivity index is 2.35. The fraction of sp³-hybridized carbons (Fsp3) is 0.444. The van der Waals surface area contributed by atoms with Crippen molar-refractivity contribution in [1.29, 1.82) is 0 Å². The van der Waals surface area contributed by atoms with Crippen LogP contribution in [0.15, 0.2) is 29.4 Å². The van der Waals surface area contributed by atoms with Crippen molar-refractivity contribution >= 4 is 11.2 Å². The van der Waals surface area contributed by atoms with Gasteiger partial charge < -0.3 is 4.55 Å². The summed E-state index contributed by atoms with van der Waals surface area (Å²) in [4.78, 5) is 3.98. The highest BCUT2D eigenvalue weighted by molar-refractivity contribution is 7.91. The molecule has 13 heavy (non-hydrogen) atoms. The van der Waals surface area contributed by atoms with E-state index in [0.29, 0.717) is 23.6 Å². The number of hydrogen-bond donors (Lipinski definition) is 0. The Morgan fingerprint density at radius 2 is 2.23 bits per heavy atom. The van der Waals surface area contributed by atoms with E-state index in [4.69, 9.17) is 0 Å². The summed E-state index contributed by atoms with van der Waals surface area (Å²) in [6.07, 6.45) is 2.94. The molecule has 1 radical (unpaired) electrons. The van der Waals surface area contributed by atoms with E-state index in [1.807, 2.05) is 6.07 Å². The van der Waals surface area contributed by atoms with Crippen LogP contribution in [0.2, 0.25) is 0 Å². The van der Waals surface area contributed by atoms with E-state index in [1.165, 1.54) is 0 Å². The molecule has 0 aliphatic heterocycles. The molecule has 0 aliphatic carbocycles. The summed E-state index contributed by atoms with van der Waals surface area (Å²) in [5.74, 6) is 0.541. The first-order chi connectivity index (χ1) is 6.34. The predicted molar refractivity (Wildman–Crippen MR) is 50.3 cm³/mol. The van der Waals surface area contributed by atoms with Gasteiger partial charge in [-0.2, -0.15) is 0 Å². The third-order valence-electron chi connectivity index (χ3n) is 1.60. The first-order valence-corrected chi connectivity index (χ1v) is 5.54. The zero-order valence-electron chi connectivity index (χ0n) is 7.31. The van der Waals surface area contributed by atoms with Gasteiger partial charge in [-0.25, -0.2) is 10.1 Å². The standard InChI is InChI=1S/C9H12NO2S/c11-7-3-4-8-13(12)9-5-1-2-6-10-9/h1-2,5-6H,3-4,7-8H2. The van der Waals surface area contributed by atoms with E-state index in [1.54, 1.807) is 18.3 Å². The van der Waals surface area contributed by atoms with Crippen LogP contribution in [-0.4, -0.2) is 21.9 Å². The molecular formula is C9H12NO2S. The molecule has 0 bridgehead atoms. The molecule has 1 rings (SSSR count). The van der Waals surface area contributed by atoms with Crippen LogP contribution in [0, 0.1) is 0 Å². The number of hydrogen-bond acceptors (Lipinski definition) is 2. The Morgan fingerprint density at radius 1 is 1.38 bits per heavy atom. The topological polar surface area (TPSA) is 55.8 Å². The fourth-order valence-electron chi connectivity index (χ4n) is 0.922. The molecular weight excluding hydrogens is 186 g/mol. The van der Waals surface area contributed by atoms with Gasteiger partial charge in [0.05, 0.1) is 6.61 Å². The van der Waals surface area contributed by atoms with E-state index >= 15 is 0 Å². The number of rotatable bonds is 5. The summed E-state index contributed by atoms with van der Waals surface area (Å²) < 4.78 is 11.5. The lowest BCUT2D eigenvalue weighted by molar-refractivity contribution is 0.188. The molecule has 0 saturated heterocycles. The largest absolute Gasteiger partial charge is 0.610 e. The quantitative estimate of drug-likeness (QED) is 0.530. The minimum absolute atomic E-state index is 0.0839. The third-order valence-corrected chi connectivity index (χ3v) is 2.96. The summed E-state index contributed by atoms with van der Waals surface area (Å²) in [5, 5.41) is 10.7. The maximum Gasteiger partial charge on any atom is 0.244 e. The Bertz CT molecular complexity index is 230. The van der Waals surface area contributed by atoms with E-state index < -0.39 is 11.2 Å². The van der Waals surface area contributed by atoms with Gasteiger partial charge in [-0.1, -0.05) is 6.07 Å². The molecule has 1 unspecified atom stereocenters. The summed E-state index contributed by atoms with van der Waals surface area (Å²) in [5.41, 5.74) is 0. The van der Waals surface area contributed by atoms with Gasteiger partial charge in [0.1, 0.15) is 5.75 Å². The van der Waals surface area contributed by atoms with Crippen LogP contribution in [0.1, 0.15) is 12.8 Å². The van der Waals surface area contributed by atoms with Crippen molar-refractivity contribution in [3.05, 3.63) is 24.4 Å². The lowest BCUT2D eigenvalue weighted by Crippen LogP contribution is -2.08. The molecule has 4 heteroatoms. The number of aromatic nitrogens is 1. The average molecular weight is 198 g/mol. The highest BCUT2D eigenvalue weighted by Gasteiger charge is 2.10. The molecule has 0 aliphatic rings. The summed E-state index contributed by atoms with van der Waals surface area (Å²) in [6, 6.07) is 5.35. The number of nitrogens with zero attached hydrogens (tertiary/aromatic N) is 1. The predicted octanol–water partition coefficient (Wildman–Crippen LogP) is 1.40. The van der Waals surface area contributed by atoms with Crippen LogP contribution in [0.3, 0.4) is 0 Å². The molecule has 0 aromatic carbocycles. The lowest BCUT2D eigenvalue weighted by atomic mass is 10.4. The second-order valence-corrected chi connectivity index (χ2v) is 4.15. The van der Waals surface area contributed by atoms with Crippen LogP contribution in [-0.2, 0) is 16.3 Å². The SMILES string of the molecule is [O]CCCC[S+]([O-])c1ccccn1. The van der Waals surface area contributed by atoms with Gasteiger partial charge in [0.2, 0.25) is 5.03 Å². The summed E-state index contributed by atoms with van der Waals surface area (Å²) in [7, 11) is 0. The minimum Gasteiger partial charge on any atom is -0.610 e. The van der Waals surface area contributed by atoms with Crippen molar-refractivity contribution in [2.45, 2.75) is 17.9 Å². The van der Waals surface area contributed by atoms with E-state index in [0.717, 1.165) is 0 Å². The average Bonchev–Trinajstić information content (AvgIpc) is 2.19. The van der Waals surface area contributed by atoms with Crippen molar-refractivity contribution in [3.63, 3.8) is 0 Å². The second-order valence-electron chi connectivity index (χ2n) is 2.63. The molecule has 0 spiro atoms. The van der Waals surface area contributed by atoms with Gasteiger partial charge in [0.25, 0.3) is 0 Å². The van der Waals surface area contributed by atoms with Crippen molar-refractivity contribution in [1.82, 2.24) is 4.98 Å². The van der Waals surface area contributed by atoms with Gasteiger partial charge in [-0.15, -0.1) is 0 Å². The van der Waals surface area contributed by atoms with Gasteiger partial charge in [-0.05, 0) is 18.9 Å². The smallest absolute Gasteiger partial charge is 0.244 e. The van der Waals surface area contributed by atoms with Crippen molar-refractivity contribution in [2.75, 3.05) is 12.4 Å². The first-order valence-electron chi connectivity index (χ1n) is 4.22. The third kappa shape index (κ3) is 3.76. The second kappa shape index (κ2) is 5.96. The molecule has 0 fully saturated rings. The molecule has 0 saturated carbocycles.